The zero-order chi connectivity index (χ0) is 19.6. The average molecular weight is 377 g/mol. The lowest BCUT2D eigenvalue weighted by atomic mass is 10.1. The van der Waals surface area contributed by atoms with Gasteiger partial charge in [-0.2, -0.15) is 5.10 Å². The molecule has 1 fully saturated rings. The first-order chi connectivity index (χ1) is 12.8. The lowest BCUT2D eigenvalue weighted by Crippen LogP contribution is -2.54. The number of carboxylic acids is 1. The van der Waals surface area contributed by atoms with Crippen molar-refractivity contribution in [3.8, 4) is 0 Å². The fourth-order valence-corrected chi connectivity index (χ4v) is 3.08. The number of hydrogen-bond donors (Lipinski definition) is 1. The molecule has 1 unspecified atom stereocenters. The number of rotatable bonds is 4. The minimum Gasteiger partial charge on any atom is -0.479 e. The Morgan fingerprint density at radius 2 is 1.96 bits per heavy atom. The van der Waals surface area contributed by atoms with Crippen molar-refractivity contribution in [3.05, 3.63) is 35.6 Å². The fourth-order valence-electron chi connectivity index (χ4n) is 3.08. The van der Waals surface area contributed by atoms with Crippen LogP contribution in [0, 0.1) is 5.82 Å². The van der Waals surface area contributed by atoms with E-state index in [1.807, 2.05) is 0 Å². The molecule has 8 nitrogen and oxygen atoms in total. The summed E-state index contributed by atoms with van der Waals surface area (Å²) in [6, 6.07) is 5.69. The van der Waals surface area contributed by atoms with Crippen molar-refractivity contribution in [1.82, 2.24) is 9.91 Å². The molecule has 0 spiro atoms. The molecule has 2 heterocycles. The molecule has 0 saturated carbocycles. The Morgan fingerprint density at radius 1 is 1.26 bits per heavy atom. The van der Waals surface area contributed by atoms with E-state index in [1.165, 1.54) is 22.0 Å². The van der Waals surface area contributed by atoms with E-state index >= 15 is 0 Å². The number of carbonyl (C=O) groups excluding carboxylic acids is 2. The fraction of sp³-hybridized carbons (Fsp3) is 0.444. The summed E-state index contributed by atoms with van der Waals surface area (Å²) < 4.78 is 18.3. The van der Waals surface area contributed by atoms with Gasteiger partial charge in [0, 0.05) is 19.4 Å². The number of benzene rings is 1. The van der Waals surface area contributed by atoms with Crippen molar-refractivity contribution in [3.63, 3.8) is 0 Å². The van der Waals surface area contributed by atoms with Gasteiger partial charge < -0.3 is 14.7 Å². The van der Waals surface area contributed by atoms with Gasteiger partial charge >= 0.3 is 5.97 Å². The molecule has 3 rings (SSSR count). The molecule has 0 bridgehead atoms. The van der Waals surface area contributed by atoms with Gasteiger partial charge in [0.2, 0.25) is 5.91 Å². The molecule has 2 atom stereocenters. The minimum absolute atomic E-state index is 0.0660. The first-order valence-electron chi connectivity index (χ1n) is 8.63. The van der Waals surface area contributed by atoms with Gasteiger partial charge in [0.15, 0.2) is 6.10 Å². The lowest BCUT2D eigenvalue weighted by molar-refractivity contribution is -0.164. The summed E-state index contributed by atoms with van der Waals surface area (Å²) in [5.41, 5.74) is 0.892. The van der Waals surface area contributed by atoms with Crippen LogP contribution in [0.15, 0.2) is 29.4 Å². The van der Waals surface area contributed by atoms with Crippen molar-refractivity contribution >= 4 is 23.5 Å². The first-order valence-corrected chi connectivity index (χ1v) is 8.63. The van der Waals surface area contributed by atoms with Crippen LogP contribution in [0.3, 0.4) is 0 Å². The van der Waals surface area contributed by atoms with Crippen molar-refractivity contribution in [2.75, 3.05) is 13.1 Å². The van der Waals surface area contributed by atoms with Gasteiger partial charge in [-0.1, -0.05) is 12.1 Å². The first kappa shape index (κ1) is 19.0. The van der Waals surface area contributed by atoms with E-state index in [4.69, 9.17) is 9.84 Å². The van der Waals surface area contributed by atoms with E-state index in [2.05, 4.69) is 5.10 Å². The predicted molar refractivity (Wildman–Crippen MR) is 92.2 cm³/mol. The number of carboxylic acid groups (broad SMARTS) is 1. The number of halogens is 1. The second kappa shape index (κ2) is 7.83. The molecule has 9 heteroatoms. The van der Waals surface area contributed by atoms with E-state index in [-0.39, 0.29) is 49.9 Å². The number of nitrogens with zero attached hydrogens (tertiary/aromatic N) is 3. The molecular formula is C18H20FN3O5. The van der Waals surface area contributed by atoms with Crippen LogP contribution < -0.4 is 0 Å². The summed E-state index contributed by atoms with van der Waals surface area (Å²) in [6.45, 7) is 2.02. The Balaban J connectivity index is 1.74. The van der Waals surface area contributed by atoms with Crippen molar-refractivity contribution in [2.24, 2.45) is 5.10 Å². The maximum atomic E-state index is 13.0. The number of hydrogen-bond acceptors (Lipinski definition) is 5. The monoisotopic (exact) mass is 377 g/mol. The van der Waals surface area contributed by atoms with Crippen LogP contribution in [0.2, 0.25) is 0 Å². The van der Waals surface area contributed by atoms with Crippen LogP contribution in [0.4, 0.5) is 4.39 Å². The van der Waals surface area contributed by atoms with Crippen molar-refractivity contribution in [2.45, 2.75) is 38.5 Å². The summed E-state index contributed by atoms with van der Waals surface area (Å²) in [5.74, 6) is -2.13. The third-order valence-electron chi connectivity index (χ3n) is 4.42. The highest BCUT2D eigenvalue weighted by atomic mass is 19.1. The highest BCUT2D eigenvalue weighted by Gasteiger charge is 2.35. The average Bonchev–Trinajstić information content (AvgIpc) is 2.64. The largest absolute Gasteiger partial charge is 0.479 e. The zero-order valence-electron chi connectivity index (χ0n) is 14.8. The van der Waals surface area contributed by atoms with Gasteiger partial charge in [-0.05, 0) is 24.6 Å². The van der Waals surface area contributed by atoms with Gasteiger partial charge in [0.1, 0.15) is 11.5 Å². The number of aliphatic carboxylic acids is 1. The number of hydrazone groups is 1. The van der Waals surface area contributed by atoms with Gasteiger partial charge in [-0.3, -0.25) is 9.59 Å². The molecular weight excluding hydrogens is 357 g/mol. The smallest absolute Gasteiger partial charge is 0.334 e. The summed E-state index contributed by atoms with van der Waals surface area (Å²) in [7, 11) is 0. The maximum absolute atomic E-state index is 13.0. The van der Waals surface area contributed by atoms with E-state index in [9.17, 15) is 18.8 Å². The van der Waals surface area contributed by atoms with Gasteiger partial charge in [0.05, 0.1) is 19.2 Å². The lowest BCUT2D eigenvalue weighted by Gasteiger charge is -2.35. The Bertz CT molecular complexity index is 780. The van der Waals surface area contributed by atoms with Crippen LogP contribution in [-0.4, -0.2) is 63.8 Å². The number of amides is 2. The maximum Gasteiger partial charge on any atom is 0.334 e. The van der Waals surface area contributed by atoms with Crippen molar-refractivity contribution < 1.29 is 28.6 Å². The van der Waals surface area contributed by atoms with Crippen molar-refractivity contribution in [1.29, 1.82) is 0 Å². The molecule has 1 saturated heterocycles. The molecule has 2 aliphatic rings. The second-order valence-electron chi connectivity index (χ2n) is 6.61. The second-order valence-corrected chi connectivity index (χ2v) is 6.61. The van der Waals surface area contributed by atoms with E-state index in [0.29, 0.717) is 5.56 Å². The molecule has 0 aliphatic carbocycles. The zero-order valence-corrected chi connectivity index (χ0v) is 14.8. The molecule has 1 aromatic rings. The number of carbonyl (C=O) groups is 3. The van der Waals surface area contributed by atoms with Crippen LogP contribution in [0.5, 0.6) is 0 Å². The van der Waals surface area contributed by atoms with Crippen LogP contribution in [-0.2, 0) is 25.7 Å². The van der Waals surface area contributed by atoms with E-state index in [0.717, 1.165) is 0 Å². The molecule has 1 N–H and O–H groups in total. The summed E-state index contributed by atoms with van der Waals surface area (Å²) in [4.78, 5) is 37.5. The predicted octanol–water partition coefficient (Wildman–Crippen LogP) is 1.00. The highest BCUT2D eigenvalue weighted by Crippen LogP contribution is 2.18. The summed E-state index contributed by atoms with van der Waals surface area (Å²) in [6.07, 6.45) is -1.17. The number of morpholine rings is 1. The van der Waals surface area contributed by atoms with Gasteiger partial charge in [0.25, 0.3) is 5.91 Å². The summed E-state index contributed by atoms with van der Waals surface area (Å²) in [5, 5.41) is 14.5. The quantitative estimate of drug-likeness (QED) is 0.844. The third-order valence-corrected chi connectivity index (χ3v) is 4.42. The van der Waals surface area contributed by atoms with E-state index in [1.54, 1.807) is 19.1 Å². The third kappa shape index (κ3) is 4.48. The van der Waals surface area contributed by atoms with Crippen LogP contribution >= 0.6 is 0 Å². The van der Waals surface area contributed by atoms with Gasteiger partial charge in [-0.25, -0.2) is 14.2 Å². The van der Waals surface area contributed by atoms with Crippen LogP contribution in [0.25, 0.3) is 0 Å². The Hall–Kier alpha value is -2.81. The van der Waals surface area contributed by atoms with Gasteiger partial charge in [-0.15, -0.1) is 0 Å². The summed E-state index contributed by atoms with van der Waals surface area (Å²) >= 11 is 0. The normalized spacial score (nSPS) is 23.2. The SMILES string of the molecule is C[C@@H]1CN(C(=O)C2=NN(Cc3ccc(F)cc3)C(=O)CC2)CC(C(=O)O)O1. The highest BCUT2D eigenvalue weighted by molar-refractivity contribution is 6.39. The topological polar surface area (TPSA) is 99.5 Å². The molecule has 27 heavy (non-hydrogen) atoms. The van der Waals surface area contributed by atoms with E-state index < -0.39 is 24.1 Å². The standard InChI is InChI=1S/C18H20FN3O5/c1-11-8-21(10-15(27-11)18(25)26)17(24)14-6-7-16(23)22(20-14)9-12-2-4-13(19)5-3-12/h2-5,11,15H,6-10H2,1H3,(H,25,26)/t11-,15?/m1/s1. The molecule has 144 valence electrons. The molecule has 2 aliphatic heterocycles. The Morgan fingerprint density at radius 3 is 2.63 bits per heavy atom. The Labute approximate surface area is 155 Å². The number of ether oxygens (including phenoxy) is 1. The van der Waals surface area contributed by atoms with Crippen LogP contribution in [0.1, 0.15) is 25.3 Å². The molecule has 1 aromatic carbocycles. The molecule has 0 aromatic heterocycles. The minimum atomic E-state index is -1.13. The molecule has 2 amide bonds. The molecule has 0 radical (unpaired) electrons. The Kier molecular flexibility index (Phi) is 5.50.